The smallest absolute Gasteiger partial charge is 0.308 e. The highest BCUT2D eigenvalue weighted by atomic mass is 32.2. The van der Waals surface area contributed by atoms with Crippen molar-refractivity contribution in [2.45, 2.75) is 11.8 Å². The van der Waals surface area contributed by atoms with Crippen molar-refractivity contribution in [3.8, 4) is 0 Å². The average Bonchev–Trinajstić information content (AvgIpc) is 2.42. The predicted octanol–water partition coefficient (Wildman–Crippen LogP) is 0.449. The highest BCUT2D eigenvalue weighted by Gasteiger charge is 2.20. The molecule has 1 amide bonds. The molecule has 2 N–H and O–H groups in total. The maximum atomic E-state index is 11.9. The SMILES string of the molecule is CC(CNC(=O)c1cc([N+](=O)[O-])cc(S(C)(=O)=O)c1)C(=O)O. The normalized spacial score (nSPS) is 12.5. The molecule has 1 aromatic carbocycles. The number of sulfone groups is 1. The van der Waals surface area contributed by atoms with Crippen LogP contribution >= 0.6 is 0 Å². The third kappa shape index (κ3) is 4.52. The molecule has 0 aliphatic rings. The van der Waals surface area contributed by atoms with Gasteiger partial charge in [0.15, 0.2) is 9.84 Å². The molecule has 0 bridgehead atoms. The molecule has 0 fully saturated rings. The molecule has 22 heavy (non-hydrogen) atoms. The van der Waals surface area contributed by atoms with Crippen LogP contribution in [0.3, 0.4) is 0 Å². The Kier molecular flexibility index (Phi) is 5.20. The summed E-state index contributed by atoms with van der Waals surface area (Å²) in [5, 5.41) is 21.8. The van der Waals surface area contributed by atoms with Crippen molar-refractivity contribution in [1.29, 1.82) is 0 Å². The van der Waals surface area contributed by atoms with Crippen LogP contribution in [0, 0.1) is 16.0 Å². The molecule has 0 aliphatic heterocycles. The van der Waals surface area contributed by atoms with Crippen LogP contribution in [0.25, 0.3) is 0 Å². The number of nitrogens with one attached hydrogen (secondary N) is 1. The quantitative estimate of drug-likeness (QED) is 0.569. The first-order chi connectivity index (χ1) is 10.0. The minimum Gasteiger partial charge on any atom is -0.481 e. The summed E-state index contributed by atoms with van der Waals surface area (Å²) in [6.45, 7) is 1.18. The average molecular weight is 330 g/mol. The Balaban J connectivity index is 3.13. The van der Waals surface area contributed by atoms with E-state index in [2.05, 4.69) is 5.32 Å². The zero-order valence-electron chi connectivity index (χ0n) is 11.8. The van der Waals surface area contributed by atoms with Gasteiger partial charge in [-0.15, -0.1) is 0 Å². The Morgan fingerprint density at radius 2 is 1.95 bits per heavy atom. The highest BCUT2D eigenvalue weighted by Crippen LogP contribution is 2.21. The zero-order valence-corrected chi connectivity index (χ0v) is 12.6. The number of nitro groups is 1. The second kappa shape index (κ2) is 6.52. The number of aliphatic carboxylic acids is 1. The van der Waals surface area contributed by atoms with Crippen LogP contribution in [0.1, 0.15) is 17.3 Å². The molecular formula is C12H14N2O7S. The number of hydrogen-bond donors (Lipinski definition) is 2. The highest BCUT2D eigenvalue weighted by molar-refractivity contribution is 7.90. The van der Waals surface area contributed by atoms with Gasteiger partial charge in [-0.2, -0.15) is 0 Å². The fourth-order valence-electron chi connectivity index (χ4n) is 1.47. The molecule has 9 nitrogen and oxygen atoms in total. The number of carboxylic acids is 1. The van der Waals surface area contributed by atoms with E-state index < -0.39 is 38.2 Å². The summed E-state index contributed by atoms with van der Waals surface area (Å²) in [7, 11) is -3.74. The number of non-ortho nitro benzene ring substituents is 1. The van der Waals surface area contributed by atoms with Crippen molar-refractivity contribution in [3.63, 3.8) is 0 Å². The lowest BCUT2D eigenvalue weighted by atomic mass is 10.1. The second-order valence-corrected chi connectivity index (χ2v) is 6.71. The molecule has 0 radical (unpaired) electrons. The topological polar surface area (TPSA) is 144 Å². The van der Waals surface area contributed by atoms with Crippen molar-refractivity contribution in [1.82, 2.24) is 5.32 Å². The lowest BCUT2D eigenvalue weighted by Crippen LogP contribution is -2.31. The minimum absolute atomic E-state index is 0.189. The number of hydrogen-bond acceptors (Lipinski definition) is 6. The van der Waals surface area contributed by atoms with Crippen molar-refractivity contribution < 1.29 is 28.0 Å². The molecule has 0 heterocycles. The van der Waals surface area contributed by atoms with E-state index in [9.17, 15) is 28.1 Å². The van der Waals surface area contributed by atoms with Gasteiger partial charge in [0, 0.05) is 30.5 Å². The second-order valence-electron chi connectivity index (χ2n) is 4.69. The van der Waals surface area contributed by atoms with Crippen LogP contribution in [0.15, 0.2) is 23.1 Å². The van der Waals surface area contributed by atoms with Crippen LogP contribution in [0.2, 0.25) is 0 Å². The lowest BCUT2D eigenvalue weighted by molar-refractivity contribution is -0.385. The van der Waals surface area contributed by atoms with Crippen LogP contribution in [-0.2, 0) is 14.6 Å². The number of nitrogens with zero attached hydrogens (tertiary/aromatic N) is 1. The molecule has 1 rings (SSSR count). The maximum absolute atomic E-state index is 11.9. The maximum Gasteiger partial charge on any atom is 0.308 e. The van der Waals surface area contributed by atoms with Gasteiger partial charge < -0.3 is 10.4 Å². The van der Waals surface area contributed by atoms with Crippen LogP contribution in [-0.4, -0.2) is 43.1 Å². The molecule has 0 aromatic heterocycles. The first kappa shape index (κ1) is 17.6. The van der Waals surface area contributed by atoms with Gasteiger partial charge in [0.2, 0.25) is 0 Å². The Morgan fingerprint density at radius 1 is 1.36 bits per heavy atom. The van der Waals surface area contributed by atoms with Gasteiger partial charge >= 0.3 is 5.97 Å². The van der Waals surface area contributed by atoms with Crippen LogP contribution < -0.4 is 5.32 Å². The van der Waals surface area contributed by atoms with Gasteiger partial charge in [0.1, 0.15) is 0 Å². The van der Waals surface area contributed by atoms with Gasteiger partial charge in [-0.05, 0) is 6.07 Å². The van der Waals surface area contributed by atoms with Gasteiger partial charge in [0.05, 0.1) is 15.7 Å². The van der Waals surface area contributed by atoms with E-state index >= 15 is 0 Å². The minimum atomic E-state index is -3.74. The number of benzene rings is 1. The van der Waals surface area contributed by atoms with E-state index in [1.165, 1.54) is 6.92 Å². The number of carbonyl (C=O) groups excluding carboxylic acids is 1. The van der Waals surface area contributed by atoms with E-state index in [-0.39, 0.29) is 17.0 Å². The van der Waals surface area contributed by atoms with E-state index in [0.29, 0.717) is 0 Å². The summed E-state index contributed by atoms with van der Waals surface area (Å²) < 4.78 is 23.0. The largest absolute Gasteiger partial charge is 0.481 e. The number of nitro benzene ring substituents is 1. The molecule has 0 saturated heterocycles. The fourth-order valence-corrected chi connectivity index (χ4v) is 2.14. The van der Waals surface area contributed by atoms with Gasteiger partial charge in [-0.25, -0.2) is 8.42 Å². The molecule has 120 valence electrons. The first-order valence-corrected chi connectivity index (χ1v) is 7.92. The number of amides is 1. The Morgan fingerprint density at radius 3 is 2.41 bits per heavy atom. The third-order valence-electron chi connectivity index (χ3n) is 2.78. The number of carboxylic acid groups (broad SMARTS) is 1. The van der Waals surface area contributed by atoms with Crippen molar-refractivity contribution in [3.05, 3.63) is 33.9 Å². The van der Waals surface area contributed by atoms with Gasteiger partial charge in [-0.3, -0.25) is 19.7 Å². The Bertz CT molecular complexity index is 727. The molecular weight excluding hydrogens is 316 g/mol. The third-order valence-corrected chi connectivity index (χ3v) is 3.87. The molecule has 0 spiro atoms. The van der Waals surface area contributed by atoms with Crippen molar-refractivity contribution in [2.75, 3.05) is 12.8 Å². The number of carbonyl (C=O) groups is 2. The summed E-state index contributed by atoms with van der Waals surface area (Å²) >= 11 is 0. The van der Waals surface area contributed by atoms with E-state index in [4.69, 9.17) is 5.11 Å². The molecule has 0 saturated carbocycles. The zero-order chi connectivity index (χ0) is 17.1. The van der Waals surface area contributed by atoms with E-state index in [1.807, 2.05) is 0 Å². The summed E-state index contributed by atoms with van der Waals surface area (Å²) in [5.74, 6) is -2.75. The summed E-state index contributed by atoms with van der Waals surface area (Å²) in [5.41, 5.74) is -0.772. The lowest BCUT2D eigenvalue weighted by Gasteiger charge is -2.09. The summed E-state index contributed by atoms with van der Waals surface area (Å²) in [6, 6.07) is 2.78. The first-order valence-electron chi connectivity index (χ1n) is 6.03. The molecule has 1 unspecified atom stereocenters. The molecule has 10 heteroatoms. The predicted molar refractivity (Wildman–Crippen MR) is 75.3 cm³/mol. The summed E-state index contributed by atoms with van der Waals surface area (Å²) in [6.07, 6.45) is 0.861. The Labute approximate surface area is 126 Å². The van der Waals surface area contributed by atoms with Crippen molar-refractivity contribution in [2.24, 2.45) is 5.92 Å². The fraction of sp³-hybridized carbons (Fsp3) is 0.333. The molecule has 1 aromatic rings. The summed E-state index contributed by atoms with van der Waals surface area (Å²) in [4.78, 5) is 32.2. The van der Waals surface area contributed by atoms with E-state index in [0.717, 1.165) is 24.5 Å². The van der Waals surface area contributed by atoms with Crippen LogP contribution in [0.4, 0.5) is 5.69 Å². The number of rotatable bonds is 6. The molecule has 1 atom stereocenters. The molecule has 0 aliphatic carbocycles. The monoisotopic (exact) mass is 330 g/mol. The standard InChI is InChI=1S/C12H14N2O7S/c1-7(12(16)17)6-13-11(15)8-3-9(14(18)19)5-10(4-8)22(2,20)21/h3-5,7H,6H2,1-2H3,(H,13,15)(H,16,17). The van der Waals surface area contributed by atoms with Gasteiger partial charge in [0.25, 0.3) is 11.6 Å². The van der Waals surface area contributed by atoms with E-state index in [1.54, 1.807) is 0 Å². The Hall–Kier alpha value is -2.49. The van der Waals surface area contributed by atoms with Crippen molar-refractivity contribution >= 4 is 27.4 Å². The van der Waals surface area contributed by atoms with Crippen LogP contribution in [0.5, 0.6) is 0 Å². The van der Waals surface area contributed by atoms with Gasteiger partial charge in [-0.1, -0.05) is 6.92 Å².